The third kappa shape index (κ3) is 2.46. The molecular weight excluding hydrogens is 138 g/mol. The second-order valence-corrected chi connectivity index (χ2v) is 3.49. The summed E-state index contributed by atoms with van der Waals surface area (Å²) < 4.78 is 5.49. The van der Waals surface area contributed by atoms with Gasteiger partial charge in [-0.15, -0.1) is 0 Å². The Kier molecular flexibility index (Phi) is 3.34. The predicted octanol–water partition coefficient (Wildman–Crippen LogP) is 1.41. The van der Waals surface area contributed by atoms with Crippen molar-refractivity contribution in [2.45, 2.75) is 39.3 Å². The van der Waals surface area contributed by atoms with E-state index < -0.39 is 0 Å². The zero-order valence-electron chi connectivity index (χ0n) is 7.76. The van der Waals surface area contributed by atoms with Gasteiger partial charge in [-0.25, -0.2) is 0 Å². The highest BCUT2D eigenvalue weighted by Gasteiger charge is 2.25. The molecule has 1 fully saturated rings. The molecule has 0 aromatic carbocycles. The number of ether oxygens (including phenoxy) is 1. The van der Waals surface area contributed by atoms with E-state index in [1.54, 1.807) is 0 Å². The zero-order chi connectivity index (χ0) is 8.27. The van der Waals surface area contributed by atoms with E-state index in [-0.39, 0.29) is 0 Å². The molecule has 2 heteroatoms. The lowest BCUT2D eigenvalue weighted by atomic mass is 9.98. The number of hydrogen-bond donors (Lipinski definition) is 1. The van der Waals surface area contributed by atoms with Crippen LogP contribution in [0.1, 0.15) is 27.2 Å². The van der Waals surface area contributed by atoms with Crippen molar-refractivity contribution in [3.05, 3.63) is 0 Å². The molecule has 11 heavy (non-hydrogen) atoms. The van der Waals surface area contributed by atoms with Crippen LogP contribution in [0.3, 0.4) is 0 Å². The van der Waals surface area contributed by atoms with E-state index in [1.807, 2.05) is 0 Å². The maximum absolute atomic E-state index is 5.49. The first-order valence-electron chi connectivity index (χ1n) is 4.59. The maximum atomic E-state index is 5.49. The average molecular weight is 157 g/mol. The molecule has 0 amide bonds. The van der Waals surface area contributed by atoms with Crippen molar-refractivity contribution >= 4 is 0 Å². The fourth-order valence-electron chi connectivity index (χ4n) is 1.69. The summed E-state index contributed by atoms with van der Waals surface area (Å²) in [5.74, 6) is 0.727. The molecule has 0 saturated carbocycles. The highest BCUT2D eigenvalue weighted by molar-refractivity contribution is 4.78. The molecule has 1 saturated heterocycles. The van der Waals surface area contributed by atoms with E-state index in [0.29, 0.717) is 12.1 Å². The molecule has 0 aromatic rings. The Balaban J connectivity index is 2.25. The molecule has 3 unspecified atom stereocenters. The molecule has 2 nitrogen and oxygen atoms in total. The molecule has 1 aliphatic heterocycles. The van der Waals surface area contributed by atoms with Gasteiger partial charge in [0.1, 0.15) is 0 Å². The van der Waals surface area contributed by atoms with Crippen molar-refractivity contribution < 1.29 is 4.74 Å². The van der Waals surface area contributed by atoms with Crippen LogP contribution in [0.4, 0.5) is 0 Å². The van der Waals surface area contributed by atoms with Crippen LogP contribution in [-0.2, 0) is 4.74 Å². The summed E-state index contributed by atoms with van der Waals surface area (Å²) >= 11 is 0. The Morgan fingerprint density at radius 3 is 2.82 bits per heavy atom. The molecule has 1 heterocycles. The molecule has 0 aromatic heterocycles. The van der Waals surface area contributed by atoms with E-state index in [9.17, 15) is 0 Å². The molecular formula is C9H19NO. The van der Waals surface area contributed by atoms with Gasteiger partial charge in [0.15, 0.2) is 0 Å². The highest BCUT2D eigenvalue weighted by Crippen LogP contribution is 2.21. The molecule has 3 atom stereocenters. The van der Waals surface area contributed by atoms with Crippen LogP contribution in [0.25, 0.3) is 0 Å². The topological polar surface area (TPSA) is 21.3 Å². The SMILES string of the molecule is CCNC(C)C1COC(C)C1. The minimum Gasteiger partial charge on any atom is -0.378 e. The predicted molar refractivity (Wildman–Crippen MR) is 46.7 cm³/mol. The summed E-state index contributed by atoms with van der Waals surface area (Å²) in [5.41, 5.74) is 0. The van der Waals surface area contributed by atoms with Gasteiger partial charge >= 0.3 is 0 Å². The second-order valence-electron chi connectivity index (χ2n) is 3.49. The van der Waals surface area contributed by atoms with E-state index in [1.165, 1.54) is 6.42 Å². The van der Waals surface area contributed by atoms with Gasteiger partial charge in [0.05, 0.1) is 12.7 Å². The Morgan fingerprint density at radius 1 is 1.64 bits per heavy atom. The summed E-state index contributed by atoms with van der Waals surface area (Å²) in [6, 6.07) is 0.616. The first-order chi connectivity index (χ1) is 5.24. The Labute approximate surface area is 69.3 Å². The van der Waals surface area contributed by atoms with Gasteiger partial charge in [-0.3, -0.25) is 0 Å². The molecule has 1 aliphatic rings. The minimum atomic E-state index is 0.473. The lowest BCUT2D eigenvalue weighted by Gasteiger charge is -2.17. The van der Waals surface area contributed by atoms with Crippen molar-refractivity contribution in [1.82, 2.24) is 5.32 Å². The monoisotopic (exact) mass is 157 g/mol. The van der Waals surface area contributed by atoms with Crippen LogP contribution in [-0.4, -0.2) is 25.3 Å². The molecule has 0 bridgehead atoms. The first kappa shape index (κ1) is 9.01. The number of hydrogen-bond acceptors (Lipinski definition) is 2. The molecule has 1 N–H and O–H groups in total. The van der Waals surface area contributed by atoms with Crippen LogP contribution >= 0.6 is 0 Å². The van der Waals surface area contributed by atoms with E-state index in [4.69, 9.17) is 4.74 Å². The third-order valence-electron chi connectivity index (χ3n) is 2.46. The largest absolute Gasteiger partial charge is 0.378 e. The molecule has 0 spiro atoms. The van der Waals surface area contributed by atoms with Crippen LogP contribution in [0.15, 0.2) is 0 Å². The third-order valence-corrected chi connectivity index (χ3v) is 2.46. The smallest absolute Gasteiger partial charge is 0.0551 e. The van der Waals surface area contributed by atoms with Crippen LogP contribution < -0.4 is 5.32 Å². The fourth-order valence-corrected chi connectivity index (χ4v) is 1.69. The highest BCUT2D eigenvalue weighted by atomic mass is 16.5. The van der Waals surface area contributed by atoms with Gasteiger partial charge in [-0.1, -0.05) is 6.92 Å². The summed E-state index contributed by atoms with van der Waals surface area (Å²) in [6.07, 6.45) is 1.69. The first-order valence-corrected chi connectivity index (χ1v) is 4.59. The molecule has 0 radical (unpaired) electrons. The Hall–Kier alpha value is -0.0800. The molecule has 0 aliphatic carbocycles. The van der Waals surface area contributed by atoms with Gasteiger partial charge in [0, 0.05) is 6.04 Å². The quantitative estimate of drug-likeness (QED) is 0.669. The Bertz CT molecular complexity index is 116. The van der Waals surface area contributed by atoms with Gasteiger partial charge in [0.25, 0.3) is 0 Å². The van der Waals surface area contributed by atoms with Crippen molar-refractivity contribution in [3.8, 4) is 0 Å². The van der Waals surface area contributed by atoms with Crippen LogP contribution in [0.2, 0.25) is 0 Å². The summed E-state index contributed by atoms with van der Waals surface area (Å²) in [6.45, 7) is 8.55. The van der Waals surface area contributed by atoms with E-state index in [2.05, 4.69) is 26.1 Å². The van der Waals surface area contributed by atoms with E-state index >= 15 is 0 Å². The lowest BCUT2D eigenvalue weighted by Crippen LogP contribution is -2.33. The zero-order valence-corrected chi connectivity index (χ0v) is 7.76. The van der Waals surface area contributed by atoms with E-state index in [0.717, 1.165) is 19.1 Å². The summed E-state index contributed by atoms with van der Waals surface area (Å²) in [4.78, 5) is 0. The maximum Gasteiger partial charge on any atom is 0.0551 e. The van der Waals surface area contributed by atoms with Crippen LogP contribution in [0, 0.1) is 5.92 Å². The van der Waals surface area contributed by atoms with Gasteiger partial charge in [-0.05, 0) is 32.7 Å². The number of rotatable bonds is 3. The number of nitrogens with one attached hydrogen (secondary N) is 1. The fraction of sp³-hybridized carbons (Fsp3) is 1.00. The van der Waals surface area contributed by atoms with Gasteiger partial charge in [-0.2, -0.15) is 0 Å². The van der Waals surface area contributed by atoms with Crippen molar-refractivity contribution in [2.24, 2.45) is 5.92 Å². The standard InChI is InChI=1S/C9H19NO/c1-4-10-8(3)9-5-7(2)11-6-9/h7-10H,4-6H2,1-3H3. The molecule has 1 rings (SSSR count). The van der Waals surface area contributed by atoms with Crippen molar-refractivity contribution in [1.29, 1.82) is 0 Å². The normalized spacial score (nSPS) is 34.1. The van der Waals surface area contributed by atoms with Gasteiger partial charge < -0.3 is 10.1 Å². The van der Waals surface area contributed by atoms with Crippen LogP contribution in [0.5, 0.6) is 0 Å². The summed E-state index contributed by atoms with van der Waals surface area (Å²) in [7, 11) is 0. The van der Waals surface area contributed by atoms with Crippen molar-refractivity contribution in [3.63, 3.8) is 0 Å². The average Bonchev–Trinajstić information content (AvgIpc) is 2.36. The second kappa shape index (κ2) is 4.07. The summed E-state index contributed by atoms with van der Waals surface area (Å²) in [5, 5.41) is 3.43. The Morgan fingerprint density at radius 2 is 2.36 bits per heavy atom. The lowest BCUT2D eigenvalue weighted by molar-refractivity contribution is 0.117. The molecule has 66 valence electrons. The minimum absolute atomic E-state index is 0.473. The van der Waals surface area contributed by atoms with Crippen molar-refractivity contribution in [2.75, 3.05) is 13.2 Å². The van der Waals surface area contributed by atoms with Gasteiger partial charge in [0.2, 0.25) is 0 Å².